The third-order valence-electron chi connectivity index (χ3n) is 1.42. The summed E-state index contributed by atoms with van der Waals surface area (Å²) in [5, 5.41) is 9.47. The largest absolute Gasteiger partial charge is 0.478 e. The van der Waals surface area contributed by atoms with Gasteiger partial charge in [0.25, 0.3) is 0 Å². The first kappa shape index (κ1) is 9.98. The summed E-state index contributed by atoms with van der Waals surface area (Å²) >= 11 is 5.33. The van der Waals surface area contributed by atoms with E-state index >= 15 is 0 Å². The monoisotopic (exact) mass is 340 g/mol. The molecule has 64 valence electrons. The minimum Gasteiger partial charge on any atom is -0.478 e. The van der Waals surface area contributed by atoms with Crippen LogP contribution < -0.4 is 0 Å². The molecule has 12 heavy (non-hydrogen) atoms. The van der Waals surface area contributed by atoms with Crippen LogP contribution in [0.15, 0.2) is 18.2 Å². The number of carbonyl (C=O) groups is 1. The van der Waals surface area contributed by atoms with Crippen molar-refractivity contribution in [1.82, 2.24) is 0 Å². The van der Waals surface area contributed by atoms with Crippen molar-refractivity contribution < 1.29 is 9.90 Å². The average molecular weight is 341 g/mol. The molecule has 0 amide bonds. The standard InChI is InChI=1S/C8H6BrIO2/c9-4-5-1-2-6(8(11)12)7(10)3-5/h1-3H,4H2,(H,11,12). The van der Waals surface area contributed by atoms with Crippen LogP contribution in [0.4, 0.5) is 0 Å². The molecule has 0 bridgehead atoms. The second-order valence-corrected chi connectivity index (χ2v) is 3.98. The van der Waals surface area contributed by atoms with Crippen molar-refractivity contribution in [3.8, 4) is 0 Å². The van der Waals surface area contributed by atoms with Gasteiger partial charge in [-0.2, -0.15) is 0 Å². The molecule has 1 aromatic rings. The number of benzene rings is 1. The number of carboxylic acid groups (broad SMARTS) is 1. The number of hydrogen-bond acceptors (Lipinski definition) is 1. The van der Waals surface area contributed by atoms with Crippen LogP contribution >= 0.6 is 38.5 Å². The lowest BCUT2D eigenvalue weighted by molar-refractivity contribution is 0.0696. The normalized spacial score (nSPS) is 9.83. The van der Waals surface area contributed by atoms with Crippen molar-refractivity contribution in [3.63, 3.8) is 0 Å². The summed E-state index contributed by atoms with van der Waals surface area (Å²) in [5.74, 6) is -0.875. The topological polar surface area (TPSA) is 37.3 Å². The molecule has 1 aromatic carbocycles. The maximum Gasteiger partial charge on any atom is 0.336 e. The SMILES string of the molecule is O=C(O)c1ccc(CBr)cc1I. The molecule has 4 heteroatoms. The van der Waals surface area contributed by atoms with Crippen LogP contribution in [0.3, 0.4) is 0 Å². The third-order valence-corrected chi connectivity index (χ3v) is 2.96. The Morgan fingerprint density at radius 3 is 2.67 bits per heavy atom. The molecule has 0 heterocycles. The van der Waals surface area contributed by atoms with Gasteiger partial charge in [0.1, 0.15) is 0 Å². The Kier molecular flexibility index (Phi) is 3.52. The highest BCUT2D eigenvalue weighted by atomic mass is 127. The lowest BCUT2D eigenvalue weighted by Gasteiger charge is -2.00. The molecule has 0 radical (unpaired) electrons. The molecule has 0 fully saturated rings. The van der Waals surface area contributed by atoms with E-state index < -0.39 is 5.97 Å². The Hall–Kier alpha value is -0.100. The molecule has 0 unspecified atom stereocenters. The Balaban J connectivity index is 3.12. The van der Waals surface area contributed by atoms with E-state index in [1.165, 1.54) is 0 Å². The second kappa shape index (κ2) is 4.23. The van der Waals surface area contributed by atoms with E-state index in [4.69, 9.17) is 5.11 Å². The van der Waals surface area contributed by atoms with Crippen LogP contribution in [-0.2, 0) is 5.33 Å². The zero-order chi connectivity index (χ0) is 9.14. The van der Waals surface area contributed by atoms with Gasteiger partial charge in [-0.3, -0.25) is 0 Å². The van der Waals surface area contributed by atoms with E-state index in [-0.39, 0.29) is 0 Å². The molecule has 0 aliphatic heterocycles. The van der Waals surface area contributed by atoms with Gasteiger partial charge in [-0.1, -0.05) is 22.0 Å². The molecule has 0 aliphatic carbocycles. The molecule has 0 spiro atoms. The molecule has 2 nitrogen and oxygen atoms in total. The van der Waals surface area contributed by atoms with Crippen molar-refractivity contribution in [3.05, 3.63) is 32.9 Å². The van der Waals surface area contributed by atoms with Crippen molar-refractivity contribution >= 4 is 44.5 Å². The number of hydrogen-bond donors (Lipinski definition) is 1. The molecule has 1 N–H and O–H groups in total. The van der Waals surface area contributed by atoms with Crippen LogP contribution in [0, 0.1) is 3.57 Å². The van der Waals surface area contributed by atoms with Gasteiger partial charge in [-0.15, -0.1) is 0 Å². The van der Waals surface area contributed by atoms with Gasteiger partial charge in [0.15, 0.2) is 0 Å². The summed E-state index contributed by atoms with van der Waals surface area (Å²) in [4.78, 5) is 10.6. The lowest BCUT2D eigenvalue weighted by atomic mass is 10.2. The van der Waals surface area contributed by atoms with Crippen LogP contribution in [-0.4, -0.2) is 11.1 Å². The Morgan fingerprint density at radius 2 is 2.25 bits per heavy atom. The fourth-order valence-electron chi connectivity index (χ4n) is 0.815. The third kappa shape index (κ3) is 2.20. The number of carboxylic acids is 1. The first-order chi connectivity index (χ1) is 5.65. The first-order valence-corrected chi connectivity index (χ1v) is 5.43. The zero-order valence-corrected chi connectivity index (χ0v) is 9.79. The minimum atomic E-state index is -0.875. The molecule has 0 aromatic heterocycles. The number of rotatable bonds is 2. The Bertz CT molecular complexity index is 312. The summed E-state index contributed by atoms with van der Waals surface area (Å²) in [5.41, 5.74) is 1.45. The van der Waals surface area contributed by atoms with Gasteiger partial charge in [-0.25, -0.2) is 4.79 Å². The smallest absolute Gasteiger partial charge is 0.336 e. The summed E-state index contributed by atoms with van der Waals surface area (Å²) in [7, 11) is 0. The Morgan fingerprint density at radius 1 is 1.58 bits per heavy atom. The average Bonchev–Trinajstić information content (AvgIpc) is 2.03. The van der Waals surface area contributed by atoms with Gasteiger partial charge >= 0.3 is 5.97 Å². The van der Waals surface area contributed by atoms with Gasteiger partial charge in [0, 0.05) is 8.90 Å². The molecular formula is C8H6BrIO2. The van der Waals surface area contributed by atoms with E-state index in [2.05, 4.69) is 15.9 Å². The molecule has 1 rings (SSSR count). The van der Waals surface area contributed by atoms with E-state index in [9.17, 15) is 4.79 Å². The van der Waals surface area contributed by atoms with E-state index in [1.807, 2.05) is 28.7 Å². The van der Waals surface area contributed by atoms with Crippen LogP contribution in [0.25, 0.3) is 0 Å². The highest BCUT2D eigenvalue weighted by Crippen LogP contribution is 2.16. The molecule has 0 atom stereocenters. The number of aromatic carboxylic acids is 1. The minimum absolute atomic E-state index is 0.361. The summed E-state index contributed by atoms with van der Waals surface area (Å²) in [6.07, 6.45) is 0. The number of halogens is 2. The highest BCUT2D eigenvalue weighted by Gasteiger charge is 2.07. The summed E-state index contributed by atoms with van der Waals surface area (Å²) in [6, 6.07) is 5.29. The number of alkyl halides is 1. The van der Waals surface area contributed by atoms with Crippen molar-refractivity contribution in [2.24, 2.45) is 0 Å². The predicted octanol–water partition coefficient (Wildman–Crippen LogP) is 2.88. The van der Waals surface area contributed by atoms with Gasteiger partial charge in [0.2, 0.25) is 0 Å². The maximum atomic E-state index is 10.6. The van der Waals surface area contributed by atoms with Gasteiger partial charge in [0.05, 0.1) is 5.56 Å². The second-order valence-electron chi connectivity index (χ2n) is 2.25. The quantitative estimate of drug-likeness (QED) is 0.664. The lowest BCUT2D eigenvalue weighted by Crippen LogP contribution is -1.99. The summed E-state index contributed by atoms with van der Waals surface area (Å²) in [6.45, 7) is 0. The molecule has 0 saturated carbocycles. The Labute approximate surface area is 92.2 Å². The van der Waals surface area contributed by atoms with E-state index in [0.717, 1.165) is 14.5 Å². The molecule has 0 saturated heterocycles. The van der Waals surface area contributed by atoms with Crippen LogP contribution in [0.5, 0.6) is 0 Å². The van der Waals surface area contributed by atoms with Gasteiger partial charge in [-0.05, 0) is 40.3 Å². The van der Waals surface area contributed by atoms with Crippen molar-refractivity contribution in [1.29, 1.82) is 0 Å². The van der Waals surface area contributed by atoms with Gasteiger partial charge < -0.3 is 5.11 Å². The molecular weight excluding hydrogens is 335 g/mol. The van der Waals surface area contributed by atoms with Crippen molar-refractivity contribution in [2.45, 2.75) is 5.33 Å². The predicted molar refractivity (Wildman–Crippen MR) is 58.7 cm³/mol. The summed E-state index contributed by atoms with van der Waals surface area (Å²) < 4.78 is 0.775. The van der Waals surface area contributed by atoms with E-state index in [1.54, 1.807) is 12.1 Å². The fraction of sp³-hybridized carbons (Fsp3) is 0.125. The fourth-order valence-corrected chi connectivity index (χ4v) is 1.97. The highest BCUT2D eigenvalue weighted by molar-refractivity contribution is 14.1. The van der Waals surface area contributed by atoms with Crippen molar-refractivity contribution in [2.75, 3.05) is 0 Å². The molecule has 0 aliphatic rings. The van der Waals surface area contributed by atoms with Crippen LogP contribution in [0.2, 0.25) is 0 Å². The maximum absolute atomic E-state index is 10.6. The first-order valence-electron chi connectivity index (χ1n) is 3.23. The van der Waals surface area contributed by atoms with E-state index in [0.29, 0.717) is 5.56 Å². The zero-order valence-electron chi connectivity index (χ0n) is 6.05. The van der Waals surface area contributed by atoms with Crippen LogP contribution in [0.1, 0.15) is 15.9 Å².